The van der Waals surface area contributed by atoms with E-state index in [1.807, 2.05) is 0 Å². The maximum Gasteiger partial charge on any atom is 0.329 e. The molecule has 1 aliphatic rings. The highest BCUT2D eigenvalue weighted by Crippen LogP contribution is 2.33. The Balaban J connectivity index is 1.76. The van der Waals surface area contributed by atoms with Gasteiger partial charge in [0.2, 0.25) is 5.91 Å². The standard InChI is InChI=1S/C19H15BrClN3O5/c1-29-15-5-3-2-4-13(15)22-16(25)9-24-18(27)14(23-19(24)28)7-10-6-11(20)8-12(21)17(10)26/h2-8,26H,9H2,1H3,(H,22,25)(H,23,28)/b14-7-. The average molecular weight is 481 g/mol. The van der Waals surface area contributed by atoms with E-state index in [-0.39, 0.29) is 22.0 Å². The third-order valence-corrected chi connectivity index (χ3v) is 4.75. The summed E-state index contributed by atoms with van der Waals surface area (Å²) in [5.41, 5.74) is 0.550. The third kappa shape index (κ3) is 4.52. The Bertz CT molecular complexity index is 1040. The monoisotopic (exact) mass is 479 g/mol. The normalized spacial score (nSPS) is 14.9. The lowest BCUT2D eigenvalue weighted by atomic mass is 10.1. The van der Waals surface area contributed by atoms with Crippen LogP contribution in [0, 0.1) is 0 Å². The van der Waals surface area contributed by atoms with Crippen molar-refractivity contribution < 1.29 is 24.2 Å². The van der Waals surface area contributed by atoms with E-state index in [0.29, 0.717) is 15.9 Å². The molecule has 2 aromatic carbocycles. The van der Waals surface area contributed by atoms with Gasteiger partial charge >= 0.3 is 6.03 Å². The molecule has 8 nitrogen and oxygen atoms in total. The number of nitrogens with zero attached hydrogens (tertiary/aromatic N) is 1. The minimum absolute atomic E-state index is 0.0797. The zero-order chi connectivity index (χ0) is 21.1. The summed E-state index contributed by atoms with van der Waals surface area (Å²) >= 11 is 9.15. The van der Waals surface area contributed by atoms with Crippen LogP contribution < -0.4 is 15.4 Å². The fourth-order valence-electron chi connectivity index (χ4n) is 2.65. The van der Waals surface area contributed by atoms with Crippen molar-refractivity contribution in [2.45, 2.75) is 0 Å². The van der Waals surface area contributed by atoms with Crippen LogP contribution in [-0.2, 0) is 9.59 Å². The summed E-state index contributed by atoms with van der Waals surface area (Å²) in [7, 11) is 1.46. The lowest BCUT2D eigenvalue weighted by Gasteiger charge is -2.13. The number of hydrogen-bond acceptors (Lipinski definition) is 5. The number of amides is 4. The van der Waals surface area contributed by atoms with E-state index in [9.17, 15) is 19.5 Å². The smallest absolute Gasteiger partial charge is 0.329 e. The Morgan fingerprint density at radius 2 is 2.07 bits per heavy atom. The van der Waals surface area contributed by atoms with Crippen molar-refractivity contribution in [1.82, 2.24) is 10.2 Å². The van der Waals surface area contributed by atoms with Crippen LogP contribution in [0.25, 0.3) is 6.08 Å². The molecule has 29 heavy (non-hydrogen) atoms. The van der Waals surface area contributed by atoms with Crippen molar-refractivity contribution in [2.75, 3.05) is 19.0 Å². The number of para-hydroxylation sites is 2. The molecule has 1 aliphatic heterocycles. The molecular weight excluding hydrogens is 466 g/mol. The van der Waals surface area contributed by atoms with Gasteiger partial charge in [-0.05, 0) is 30.3 Å². The van der Waals surface area contributed by atoms with Gasteiger partial charge in [-0.3, -0.25) is 9.59 Å². The largest absolute Gasteiger partial charge is 0.506 e. The fraction of sp³-hybridized carbons (Fsp3) is 0.105. The zero-order valence-electron chi connectivity index (χ0n) is 15.0. The molecule has 2 aromatic rings. The molecule has 150 valence electrons. The van der Waals surface area contributed by atoms with E-state index in [1.165, 1.54) is 25.3 Å². The number of aromatic hydroxyl groups is 1. The molecule has 1 fully saturated rings. The number of nitrogens with one attached hydrogen (secondary N) is 2. The van der Waals surface area contributed by atoms with Crippen molar-refractivity contribution in [3.8, 4) is 11.5 Å². The van der Waals surface area contributed by atoms with Crippen molar-refractivity contribution in [3.63, 3.8) is 0 Å². The molecule has 1 heterocycles. The number of benzene rings is 2. The summed E-state index contributed by atoms with van der Waals surface area (Å²) in [6, 6.07) is 9.02. The van der Waals surface area contributed by atoms with Gasteiger partial charge in [-0.15, -0.1) is 0 Å². The number of anilines is 1. The van der Waals surface area contributed by atoms with Gasteiger partial charge in [0.15, 0.2) is 0 Å². The van der Waals surface area contributed by atoms with Crippen molar-refractivity contribution in [3.05, 3.63) is 57.2 Å². The lowest BCUT2D eigenvalue weighted by molar-refractivity contribution is -0.127. The second kappa shape index (κ2) is 8.54. The van der Waals surface area contributed by atoms with Gasteiger partial charge in [0, 0.05) is 10.0 Å². The molecular formula is C19H15BrClN3O5. The van der Waals surface area contributed by atoms with Crippen LogP contribution in [0.2, 0.25) is 5.02 Å². The molecule has 4 amide bonds. The number of carbonyl (C=O) groups excluding carboxylic acids is 3. The molecule has 3 N–H and O–H groups in total. The molecule has 0 saturated carbocycles. The highest BCUT2D eigenvalue weighted by molar-refractivity contribution is 9.10. The van der Waals surface area contributed by atoms with Gasteiger partial charge in [0.05, 0.1) is 17.8 Å². The van der Waals surface area contributed by atoms with E-state index in [4.69, 9.17) is 16.3 Å². The molecule has 0 spiro atoms. The summed E-state index contributed by atoms with van der Waals surface area (Å²) in [5, 5.41) is 15.1. The minimum atomic E-state index is -0.753. The summed E-state index contributed by atoms with van der Waals surface area (Å²) in [5.74, 6) is -1.08. The highest BCUT2D eigenvalue weighted by atomic mass is 79.9. The molecule has 0 bridgehead atoms. The number of carbonyl (C=O) groups is 3. The van der Waals surface area contributed by atoms with Gasteiger partial charge < -0.3 is 20.5 Å². The Morgan fingerprint density at radius 1 is 1.34 bits per heavy atom. The maximum absolute atomic E-state index is 12.6. The number of imide groups is 1. The number of phenols is 1. The Kier molecular flexibility index (Phi) is 6.09. The first-order valence-corrected chi connectivity index (χ1v) is 9.42. The molecule has 0 aromatic heterocycles. The van der Waals surface area contributed by atoms with Gasteiger partial charge in [-0.2, -0.15) is 0 Å². The summed E-state index contributed by atoms with van der Waals surface area (Å²) in [4.78, 5) is 37.8. The lowest BCUT2D eigenvalue weighted by Crippen LogP contribution is -2.38. The predicted molar refractivity (Wildman–Crippen MR) is 111 cm³/mol. The molecule has 0 aliphatic carbocycles. The van der Waals surface area contributed by atoms with Gasteiger partial charge in [0.1, 0.15) is 23.7 Å². The third-order valence-electron chi connectivity index (χ3n) is 4.00. The topological polar surface area (TPSA) is 108 Å². The van der Waals surface area contributed by atoms with Crippen LogP contribution >= 0.6 is 27.5 Å². The van der Waals surface area contributed by atoms with E-state index >= 15 is 0 Å². The molecule has 0 atom stereocenters. The van der Waals surface area contributed by atoms with Crippen LogP contribution in [0.1, 0.15) is 5.56 Å². The molecule has 10 heteroatoms. The predicted octanol–water partition coefficient (Wildman–Crippen LogP) is 3.35. The number of ether oxygens (including phenoxy) is 1. The first-order valence-electron chi connectivity index (χ1n) is 8.25. The molecule has 0 radical (unpaired) electrons. The number of methoxy groups -OCH3 is 1. The Labute approximate surface area is 179 Å². The quantitative estimate of drug-likeness (QED) is 0.449. The number of hydrogen-bond donors (Lipinski definition) is 3. The second-order valence-electron chi connectivity index (χ2n) is 5.95. The molecule has 0 unspecified atom stereocenters. The van der Waals surface area contributed by atoms with Gasteiger partial charge in [0.25, 0.3) is 5.91 Å². The van der Waals surface area contributed by atoms with E-state index < -0.39 is 24.4 Å². The zero-order valence-corrected chi connectivity index (χ0v) is 17.4. The maximum atomic E-state index is 12.6. The van der Waals surface area contributed by atoms with Gasteiger partial charge in [-0.1, -0.05) is 39.7 Å². The number of rotatable bonds is 5. The summed E-state index contributed by atoms with van der Waals surface area (Å²) in [6.07, 6.45) is 1.28. The van der Waals surface area contributed by atoms with Crippen LogP contribution in [-0.4, -0.2) is 41.5 Å². The summed E-state index contributed by atoms with van der Waals surface area (Å²) < 4.78 is 5.73. The van der Waals surface area contributed by atoms with E-state index in [1.54, 1.807) is 24.3 Å². The Hall–Kier alpha value is -3.04. The fourth-order valence-corrected chi connectivity index (χ4v) is 3.48. The average Bonchev–Trinajstić information content (AvgIpc) is 2.93. The summed E-state index contributed by atoms with van der Waals surface area (Å²) in [6.45, 7) is -0.495. The minimum Gasteiger partial charge on any atom is -0.506 e. The Morgan fingerprint density at radius 3 is 2.79 bits per heavy atom. The van der Waals surface area contributed by atoms with Gasteiger partial charge in [-0.25, -0.2) is 9.69 Å². The van der Waals surface area contributed by atoms with Crippen LogP contribution in [0.3, 0.4) is 0 Å². The van der Waals surface area contributed by atoms with E-state index in [2.05, 4.69) is 26.6 Å². The van der Waals surface area contributed by atoms with E-state index in [0.717, 1.165) is 4.90 Å². The van der Waals surface area contributed by atoms with Crippen molar-refractivity contribution >= 4 is 57.1 Å². The second-order valence-corrected chi connectivity index (χ2v) is 7.28. The first kappa shape index (κ1) is 20.7. The van der Waals surface area contributed by atoms with Crippen LogP contribution in [0.4, 0.5) is 10.5 Å². The molecule has 1 saturated heterocycles. The van der Waals surface area contributed by atoms with Crippen molar-refractivity contribution in [2.24, 2.45) is 0 Å². The van der Waals surface area contributed by atoms with Crippen LogP contribution in [0.5, 0.6) is 11.5 Å². The number of halogens is 2. The number of urea groups is 1. The first-order chi connectivity index (χ1) is 13.8. The molecule has 3 rings (SSSR count). The van der Waals surface area contributed by atoms with Crippen LogP contribution in [0.15, 0.2) is 46.6 Å². The SMILES string of the molecule is COc1ccccc1NC(=O)CN1C(=O)N/C(=C\c2cc(Br)cc(Cl)c2O)C1=O. The highest BCUT2D eigenvalue weighted by Gasteiger charge is 2.35. The number of phenolic OH excluding ortho intramolecular Hbond substituents is 1. The van der Waals surface area contributed by atoms with Crippen molar-refractivity contribution in [1.29, 1.82) is 0 Å².